The summed E-state index contributed by atoms with van der Waals surface area (Å²) in [6.45, 7) is 0. The normalized spacial score (nSPS) is 11.7. The smallest absolute Gasteiger partial charge is 0.239 e. The molecule has 0 saturated heterocycles. The molecule has 0 amide bonds. The van der Waals surface area contributed by atoms with Gasteiger partial charge in [-0.3, -0.25) is 5.10 Å². The van der Waals surface area contributed by atoms with Gasteiger partial charge in [0.2, 0.25) is 5.95 Å². The Bertz CT molecular complexity index is 1040. The predicted octanol–water partition coefficient (Wildman–Crippen LogP) is 3.50. The molecule has 6 nitrogen and oxygen atoms in total. The molecule has 26 heavy (non-hydrogen) atoms. The molecule has 0 radical (unpaired) electrons. The second kappa shape index (κ2) is 7.26. The first kappa shape index (κ1) is 18.7. The molecule has 9 heteroatoms. The minimum absolute atomic E-state index is 0.0406. The number of halogens is 2. The number of rotatable bonds is 5. The topological polar surface area (TPSA) is 102 Å². The minimum atomic E-state index is -3.13. The summed E-state index contributed by atoms with van der Waals surface area (Å²) >= 11 is 12.9. The van der Waals surface area contributed by atoms with E-state index in [-0.39, 0.29) is 11.7 Å². The van der Waals surface area contributed by atoms with Gasteiger partial charge in [-0.05, 0) is 28.8 Å². The van der Waals surface area contributed by atoms with Crippen LogP contribution in [0.1, 0.15) is 17.0 Å². The maximum Gasteiger partial charge on any atom is 0.239 e. The highest BCUT2D eigenvalue weighted by Crippen LogP contribution is 2.36. The van der Waals surface area contributed by atoms with E-state index in [0.717, 1.165) is 11.1 Å². The number of nitrogens with one attached hydrogen (secondary N) is 1. The Morgan fingerprint density at radius 2 is 1.81 bits per heavy atom. The van der Waals surface area contributed by atoms with Crippen molar-refractivity contribution < 1.29 is 8.42 Å². The van der Waals surface area contributed by atoms with Crippen LogP contribution in [-0.4, -0.2) is 29.9 Å². The highest BCUT2D eigenvalue weighted by Gasteiger charge is 2.13. The van der Waals surface area contributed by atoms with E-state index in [1.54, 1.807) is 30.3 Å². The van der Waals surface area contributed by atoms with Crippen LogP contribution in [0.2, 0.25) is 10.0 Å². The predicted molar refractivity (Wildman–Crippen MR) is 104 cm³/mol. The van der Waals surface area contributed by atoms with Crippen LogP contribution in [-0.2, 0) is 22.0 Å². The third kappa shape index (κ3) is 4.55. The Morgan fingerprint density at radius 3 is 2.38 bits per heavy atom. The molecule has 0 spiro atoms. The van der Waals surface area contributed by atoms with Crippen LogP contribution in [0, 0.1) is 0 Å². The van der Waals surface area contributed by atoms with Crippen LogP contribution in [0.15, 0.2) is 36.4 Å². The Labute approximate surface area is 161 Å². The monoisotopic (exact) mass is 410 g/mol. The molecular weight excluding hydrogens is 395 g/mol. The zero-order valence-corrected chi connectivity index (χ0v) is 16.2. The summed E-state index contributed by atoms with van der Waals surface area (Å²) in [4.78, 5) is 4.06. The number of anilines is 1. The van der Waals surface area contributed by atoms with Crippen LogP contribution in [0.3, 0.4) is 0 Å². The number of H-pyrrole nitrogens is 1. The number of nitrogen functional groups attached to an aromatic ring is 1. The summed E-state index contributed by atoms with van der Waals surface area (Å²) < 4.78 is 23.1. The van der Waals surface area contributed by atoms with E-state index >= 15 is 0 Å². The number of sulfone groups is 1. The van der Waals surface area contributed by atoms with Crippen molar-refractivity contribution in [3.63, 3.8) is 0 Å². The number of benzene rings is 2. The highest BCUT2D eigenvalue weighted by atomic mass is 35.5. The molecule has 0 atom stereocenters. The van der Waals surface area contributed by atoms with Crippen LogP contribution >= 0.6 is 23.2 Å². The van der Waals surface area contributed by atoms with E-state index in [1.165, 1.54) is 6.26 Å². The van der Waals surface area contributed by atoms with Crippen LogP contribution < -0.4 is 5.73 Å². The fourth-order valence-electron chi connectivity index (χ4n) is 2.71. The molecule has 0 aliphatic carbocycles. The lowest BCUT2D eigenvalue weighted by atomic mass is 10.0. The van der Waals surface area contributed by atoms with Crippen molar-refractivity contribution in [1.29, 1.82) is 0 Å². The maximum atomic E-state index is 11.5. The number of nitrogens with zero attached hydrogens (tertiary/aromatic N) is 2. The van der Waals surface area contributed by atoms with E-state index in [2.05, 4.69) is 15.2 Å². The van der Waals surface area contributed by atoms with Gasteiger partial charge in [0, 0.05) is 18.2 Å². The van der Waals surface area contributed by atoms with Crippen molar-refractivity contribution in [2.75, 3.05) is 12.0 Å². The summed E-state index contributed by atoms with van der Waals surface area (Å²) in [7, 11) is -3.13. The van der Waals surface area contributed by atoms with E-state index < -0.39 is 9.84 Å². The van der Waals surface area contributed by atoms with E-state index in [4.69, 9.17) is 28.9 Å². The molecule has 136 valence electrons. The van der Waals surface area contributed by atoms with Gasteiger partial charge in [0.1, 0.15) is 5.82 Å². The van der Waals surface area contributed by atoms with Crippen molar-refractivity contribution in [3.8, 4) is 11.1 Å². The second-order valence-electron chi connectivity index (χ2n) is 6.02. The lowest BCUT2D eigenvalue weighted by Crippen LogP contribution is -2.00. The molecule has 3 rings (SSSR count). The average Bonchev–Trinajstić information content (AvgIpc) is 2.90. The lowest BCUT2D eigenvalue weighted by molar-refractivity contribution is 0.601. The van der Waals surface area contributed by atoms with Gasteiger partial charge in [-0.25, -0.2) is 8.42 Å². The summed E-state index contributed by atoms with van der Waals surface area (Å²) in [6, 6.07) is 10.8. The molecule has 0 aliphatic rings. The molecule has 1 aromatic heterocycles. The number of hydrogen-bond acceptors (Lipinski definition) is 5. The average molecular weight is 411 g/mol. The Balaban J connectivity index is 1.95. The minimum Gasteiger partial charge on any atom is -0.367 e. The van der Waals surface area contributed by atoms with Crippen molar-refractivity contribution in [1.82, 2.24) is 15.2 Å². The molecular formula is C17H16Cl2N4O2S. The number of aromatic amines is 1. The van der Waals surface area contributed by atoms with Gasteiger partial charge in [0.25, 0.3) is 0 Å². The number of nitrogens with two attached hydrogens (primary N) is 1. The second-order valence-corrected chi connectivity index (χ2v) is 8.98. The van der Waals surface area contributed by atoms with Gasteiger partial charge in [-0.2, -0.15) is 4.98 Å². The third-order valence-electron chi connectivity index (χ3n) is 3.67. The van der Waals surface area contributed by atoms with Gasteiger partial charge >= 0.3 is 0 Å². The Kier molecular flexibility index (Phi) is 5.22. The van der Waals surface area contributed by atoms with Gasteiger partial charge in [-0.15, -0.1) is 5.10 Å². The molecule has 0 fully saturated rings. The molecule has 1 heterocycles. The Morgan fingerprint density at radius 1 is 1.12 bits per heavy atom. The largest absolute Gasteiger partial charge is 0.367 e. The summed E-state index contributed by atoms with van der Waals surface area (Å²) in [5, 5.41) is 7.47. The van der Waals surface area contributed by atoms with Gasteiger partial charge in [-0.1, -0.05) is 47.5 Å². The van der Waals surface area contributed by atoms with Crippen LogP contribution in [0.25, 0.3) is 11.1 Å². The van der Waals surface area contributed by atoms with Crippen molar-refractivity contribution in [2.24, 2.45) is 0 Å². The first-order valence-corrected chi connectivity index (χ1v) is 10.4. The van der Waals surface area contributed by atoms with Crippen molar-refractivity contribution >= 4 is 39.0 Å². The van der Waals surface area contributed by atoms with Crippen molar-refractivity contribution in [3.05, 3.63) is 63.4 Å². The number of aromatic nitrogens is 3. The summed E-state index contributed by atoms with van der Waals surface area (Å²) in [5.74, 6) is 0.746. The van der Waals surface area contributed by atoms with Crippen LogP contribution in [0.5, 0.6) is 0 Å². The third-order valence-corrected chi connectivity index (χ3v) is 5.12. The standard InChI is InChI=1S/C17H16Cl2N4O2S/c1-26(24,25)9-10-3-2-4-12(5-10)16-13(18)6-11(7-14(16)19)8-15-21-17(20)23-22-15/h2-7H,8-9H2,1H3,(H3,20,21,22,23). The zero-order chi connectivity index (χ0) is 18.9. The molecule has 3 aromatic rings. The van der Waals surface area contributed by atoms with E-state index in [0.29, 0.717) is 33.4 Å². The zero-order valence-electron chi connectivity index (χ0n) is 13.8. The first-order valence-electron chi connectivity index (χ1n) is 7.63. The number of hydrogen-bond donors (Lipinski definition) is 2. The summed E-state index contributed by atoms with van der Waals surface area (Å²) in [6.07, 6.45) is 1.66. The fraction of sp³-hybridized carbons (Fsp3) is 0.176. The lowest BCUT2D eigenvalue weighted by Gasteiger charge is -2.11. The molecule has 0 saturated carbocycles. The molecule has 0 unspecified atom stereocenters. The molecule has 2 aromatic carbocycles. The molecule has 0 bridgehead atoms. The first-order chi connectivity index (χ1) is 12.2. The van der Waals surface area contributed by atoms with Gasteiger partial charge < -0.3 is 5.73 Å². The molecule has 3 N–H and O–H groups in total. The molecule has 0 aliphatic heterocycles. The van der Waals surface area contributed by atoms with Crippen LogP contribution in [0.4, 0.5) is 5.95 Å². The maximum absolute atomic E-state index is 11.5. The van der Waals surface area contributed by atoms with E-state index in [1.807, 2.05) is 6.07 Å². The van der Waals surface area contributed by atoms with Gasteiger partial charge in [0.05, 0.1) is 15.8 Å². The SMILES string of the molecule is CS(=O)(=O)Cc1cccc(-c2c(Cl)cc(Cc3nc(N)n[nH]3)cc2Cl)c1. The Hall–Kier alpha value is -2.09. The van der Waals surface area contributed by atoms with Gasteiger partial charge in [0.15, 0.2) is 9.84 Å². The quantitative estimate of drug-likeness (QED) is 0.669. The summed E-state index contributed by atoms with van der Waals surface area (Å²) in [5.41, 5.74) is 8.45. The van der Waals surface area contributed by atoms with E-state index in [9.17, 15) is 8.42 Å². The van der Waals surface area contributed by atoms with Crippen molar-refractivity contribution in [2.45, 2.75) is 12.2 Å². The highest BCUT2D eigenvalue weighted by molar-refractivity contribution is 7.89. The fourth-order valence-corrected chi connectivity index (χ4v) is 4.24.